The van der Waals surface area contributed by atoms with Crippen molar-refractivity contribution in [3.63, 3.8) is 0 Å². The number of nitrogens with zero attached hydrogens (tertiary/aromatic N) is 6. The standard InChI is InChI=1S/C28H15BN6O2/c29-22-12-18(25-32-34-27(36-25)20-9-16-5-1-3-7-23(16)30-14-20)11-19(13-22)26-33-35-28(37-26)21-10-17-6-2-4-8-24(17)31-15-21/h1-15H. The molecule has 4 aromatic heterocycles. The quantitative estimate of drug-likeness (QED) is 0.325. The van der Waals surface area contributed by atoms with Crippen LogP contribution in [0.3, 0.4) is 0 Å². The first-order chi connectivity index (χ1) is 18.2. The Hall–Kier alpha value is -5.18. The van der Waals surface area contributed by atoms with Gasteiger partial charge in [0.25, 0.3) is 0 Å². The molecule has 0 bridgehead atoms. The maximum Gasteiger partial charge on any atom is 0.249 e. The zero-order valence-electron chi connectivity index (χ0n) is 19.2. The minimum atomic E-state index is 0.315. The van der Waals surface area contributed by atoms with Crippen molar-refractivity contribution < 1.29 is 8.83 Å². The van der Waals surface area contributed by atoms with Crippen LogP contribution in [0.4, 0.5) is 0 Å². The molecule has 7 aromatic rings. The highest BCUT2D eigenvalue weighted by Crippen LogP contribution is 2.29. The minimum absolute atomic E-state index is 0.315. The van der Waals surface area contributed by atoms with Crippen LogP contribution in [0.1, 0.15) is 0 Å². The van der Waals surface area contributed by atoms with Gasteiger partial charge in [-0.3, -0.25) is 9.97 Å². The molecule has 0 spiro atoms. The van der Waals surface area contributed by atoms with Crippen LogP contribution >= 0.6 is 0 Å². The zero-order valence-corrected chi connectivity index (χ0v) is 19.2. The van der Waals surface area contributed by atoms with E-state index in [2.05, 4.69) is 30.4 Å². The van der Waals surface area contributed by atoms with E-state index in [0.717, 1.165) is 32.9 Å². The molecule has 0 saturated carbocycles. The van der Waals surface area contributed by atoms with Crippen molar-refractivity contribution >= 4 is 35.1 Å². The normalized spacial score (nSPS) is 11.4. The maximum absolute atomic E-state index is 6.19. The van der Waals surface area contributed by atoms with Crippen molar-refractivity contribution in [3.05, 3.63) is 91.3 Å². The lowest BCUT2D eigenvalue weighted by atomic mass is 9.92. The molecule has 0 amide bonds. The Kier molecular flexibility index (Phi) is 4.85. The second kappa shape index (κ2) is 8.49. The fourth-order valence-corrected chi connectivity index (χ4v) is 4.19. The summed E-state index contributed by atoms with van der Waals surface area (Å²) in [4.78, 5) is 8.94. The van der Waals surface area contributed by atoms with Crippen LogP contribution in [0, 0.1) is 0 Å². The molecule has 3 aromatic carbocycles. The van der Waals surface area contributed by atoms with Crippen molar-refractivity contribution in [2.75, 3.05) is 0 Å². The lowest BCUT2D eigenvalue weighted by Gasteiger charge is -2.02. The first-order valence-corrected chi connectivity index (χ1v) is 11.5. The average molecular weight is 478 g/mol. The predicted octanol–water partition coefficient (Wildman–Crippen LogP) is 5.01. The first kappa shape index (κ1) is 21.1. The summed E-state index contributed by atoms with van der Waals surface area (Å²) in [5.74, 6) is 1.35. The van der Waals surface area contributed by atoms with E-state index in [1.165, 1.54) is 0 Å². The molecule has 0 N–H and O–H groups in total. The van der Waals surface area contributed by atoms with Crippen LogP contribution < -0.4 is 5.46 Å². The third-order valence-corrected chi connectivity index (χ3v) is 5.97. The molecule has 0 aliphatic carbocycles. The maximum atomic E-state index is 6.19. The third-order valence-electron chi connectivity index (χ3n) is 5.97. The van der Waals surface area contributed by atoms with Crippen LogP contribution in [0.2, 0.25) is 0 Å². The van der Waals surface area contributed by atoms with Gasteiger partial charge >= 0.3 is 0 Å². The van der Waals surface area contributed by atoms with E-state index in [0.29, 0.717) is 40.2 Å². The van der Waals surface area contributed by atoms with E-state index >= 15 is 0 Å². The topological polar surface area (TPSA) is 104 Å². The van der Waals surface area contributed by atoms with Crippen molar-refractivity contribution in [1.29, 1.82) is 0 Å². The minimum Gasteiger partial charge on any atom is -0.416 e. The Morgan fingerprint density at radius 3 is 1.41 bits per heavy atom. The van der Waals surface area contributed by atoms with E-state index in [9.17, 15) is 0 Å². The van der Waals surface area contributed by atoms with Crippen LogP contribution in [0.25, 0.3) is 67.6 Å². The van der Waals surface area contributed by atoms with Gasteiger partial charge in [-0.25, -0.2) is 0 Å². The van der Waals surface area contributed by atoms with Gasteiger partial charge in [0, 0.05) is 34.3 Å². The highest BCUT2D eigenvalue weighted by atomic mass is 16.4. The van der Waals surface area contributed by atoms with E-state index in [1.807, 2.05) is 66.7 Å². The van der Waals surface area contributed by atoms with Gasteiger partial charge < -0.3 is 8.83 Å². The lowest BCUT2D eigenvalue weighted by molar-refractivity contribution is 0.582. The molecule has 0 fully saturated rings. The molecule has 4 heterocycles. The molecule has 172 valence electrons. The second-order valence-electron chi connectivity index (χ2n) is 8.50. The van der Waals surface area contributed by atoms with Crippen LogP contribution in [0.15, 0.2) is 100 Å². The number of rotatable bonds is 4. The number of pyridine rings is 2. The number of aromatic nitrogens is 6. The summed E-state index contributed by atoms with van der Waals surface area (Å²) in [5, 5.41) is 18.9. The van der Waals surface area contributed by atoms with Gasteiger partial charge in [0.15, 0.2) is 0 Å². The van der Waals surface area contributed by atoms with E-state index in [1.54, 1.807) is 24.5 Å². The number of fused-ring (bicyclic) bond motifs is 2. The molecular formula is C28H15BN6O2. The summed E-state index contributed by atoms with van der Waals surface area (Å²) >= 11 is 0. The fraction of sp³-hybridized carbons (Fsp3) is 0. The monoisotopic (exact) mass is 478 g/mol. The lowest BCUT2D eigenvalue weighted by Crippen LogP contribution is -2.03. The number of benzene rings is 3. The molecule has 0 aliphatic rings. The van der Waals surface area contributed by atoms with Gasteiger partial charge in [-0.2, -0.15) is 0 Å². The average Bonchev–Trinajstić information content (AvgIpc) is 3.63. The van der Waals surface area contributed by atoms with Crippen molar-refractivity contribution in [2.45, 2.75) is 0 Å². The van der Waals surface area contributed by atoms with Crippen molar-refractivity contribution in [2.24, 2.45) is 0 Å². The van der Waals surface area contributed by atoms with Gasteiger partial charge in [0.05, 0.1) is 22.2 Å². The molecule has 37 heavy (non-hydrogen) atoms. The molecule has 7 rings (SSSR count). The molecular weight excluding hydrogens is 463 g/mol. The smallest absolute Gasteiger partial charge is 0.249 e. The molecule has 9 heteroatoms. The Balaban J connectivity index is 1.22. The first-order valence-electron chi connectivity index (χ1n) is 11.5. The largest absolute Gasteiger partial charge is 0.416 e. The van der Waals surface area contributed by atoms with Gasteiger partial charge in [0.2, 0.25) is 23.6 Å². The molecule has 0 unspecified atom stereocenters. The third kappa shape index (κ3) is 3.92. The molecule has 0 saturated heterocycles. The summed E-state index contributed by atoms with van der Waals surface area (Å²) in [6, 6.07) is 24.9. The van der Waals surface area contributed by atoms with Crippen molar-refractivity contribution in [1.82, 2.24) is 30.4 Å². The predicted molar refractivity (Wildman–Crippen MR) is 140 cm³/mol. The van der Waals surface area contributed by atoms with E-state index < -0.39 is 0 Å². The number of hydrogen-bond acceptors (Lipinski definition) is 8. The molecule has 0 atom stereocenters. The molecule has 8 nitrogen and oxygen atoms in total. The summed E-state index contributed by atoms with van der Waals surface area (Å²) in [7, 11) is 6.19. The fourth-order valence-electron chi connectivity index (χ4n) is 4.19. The SMILES string of the molecule is [B]c1cc(-c2nnc(-c3cnc4ccccc4c3)o2)cc(-c2nnc(-c3cnc4ccccc4c3)o2)c1. The Bertz CT molecular complexity index is 1790. The molecule has 0 aliphatic heterocycles. The van der Waals surface area contributed by atoms with Gasteiger partial charge in [0.1, 0.15) is 7.85 Å². The van der Waals surface area contributed by atoms with Crippen LogP contribution in [-0.4, -0.2) is 38.2 Å². The highest BCUT2D eigenvalue weighted by molar-refractivity contribution is 6.33. The highest BCUT2D eigenvalue weighted by Gasteiger charge is 2.16. The summed E-state index contributed by atoms with van der Waals surface area (Å²) in [6.45, 7) is 0. The van der Waals surface area contributed by atoms with Gasteiger partial charge in [-0.05, 0) is 30.3 Å². The Morgan fingerprint density at radius 2 is 0.919 bits per heavy atom. The summed E-state index contributed by atoms with van der Waals surface area (Å²) in [6.07, 6.45) is 3.43. The summed E-state index contributed by atoms with van der Waals surface area (Å²) < 4.78 is 11.9. The van der Waals surface area contributed by atoms with Gasteiger partial charge in [-0.15, -0.1) is 20.4 Å². The Labute approximate surface area is 211 Å². The van der Waals surface area contributed by atoms with Crippen molar-refractivity contribution in [3.8, 4) is 45.8 Å². The van der Waals surface area contributed by atoms with E-state index in [4.69, 9.17) is 16.7 Å². The van der Waals surface area contributed by atoms with Crippen LogP contribution in [-0.2, 0) is 0 Å². The Morgan fingerprint density at radius 1 is 0.486 bits per heavy atom. The molecule has 2 radical (unpaired) electrons. The summed E-state index contributed by atoms with van der Waals surface area (Å²) in [5.41, 5.74) is 5.00. The van der Waals surface area contributed by atoms with E-state index in [-0.39, 0.29) is 0 Å². The zero-order chi connectivity index (χ0) is 24.8. The number of hydrogen-bond donors (Lipinski definition) is 0. The second-order valence-corrected chi connectivity index (χ2v) is 8.50. The van der Waals surface area contributed by atoms with Crippen LogP contribution in [0.5, 0.6) is 0 Å². The number of para-hydroxylation sites is 2. The van der Waals surface area contributed by atoms with Gasteiger partial charge in [-0.1, -0.05) is 54.0 Å².